The molecule has 5 nitrogen and oxygen atoms in total. The Morgan fingerprint density at radius 1 is 1.20 bits per heavy atom. The summed E-state index contributed by atoms with van der Waals surface area (Å²) in [6.45, 7) is 2.98. The van der Waals surface area contributed by atoms with Crippen LogP contribution in [0.1, 0.15) is 18.9 Å². The maximum absolute atomic E-state index is 6.13. The Morgan fingerprint density at radius 3 is 2.64 bits per heavy atom. The number of nitrogens with zero attached hydrogens (tertiary/aromatic N) is 1. The number of aliphatic imine (C=N–C) groups is 1. The summed E-state index contributed by atoms with van der Waals surface area (Å²) < 4.78 is 11.1. The van der Waals surface area contributed by atoms with Crippen molar-refractivity contribution in [2.24, 2.45) is 10.7 Å². The van der Waals surface area contributed by atoms with Gasteiger partial charge in [-0.2, -0.15) is 0 Å². The SMILES string of the molecule is CCC(CN=C(N)Nc1ccccc1COC)Oc1ccccc1Cl. The highest BCUT2D eigenvalue weighted by molar-refractivity contribution is 6.32. The number of benzene rings is 2. The summed E-state index contributed by atoms with van der Waals surface area (Å²) in [7, 11) is 1.66. The third-order valence-electron chi connectivity index (χ3n) is 3.63. The van der Waals surface area contributed by atoms with Crippen LogP contribution in [-0.4, -0.2) is 25.7 Å². The largest absolute Gasteiger partial charge is 0.487 e. The van der Waals surface area contributed by atoms with Crippen molar-refractivity contribution in [1.29, 1.82) is 0 Å². The van der Waals surface area contributed by atoms with Crippen LogP contribution in [0.15, 0.2) is 53.5 Å². The lowest BCUT2D eigenvalue weighted by atomic mass is 10.2. The predicted molar refractivity (Wildman–Crippen MR) is 103 cm³/mol. The van der Waals surface area contributed by atoms with E-state index in [0.29, 0.717) is 29.9 Å². The minimum Gasteiger partial charge on any atom is -0.487 e. The average molecular weight is 362 g/mol. The summed E-state index contributed by atoms with van der Waals surface area (Å²) in [4.78, 5) is 4.39. The molecule has 25 heavy (non-hydrogen) atoms. The summed E-state index contributed by atoms with van der Waals surface area (Å²) in [5.41, 5.74) is 7.91. The van der Waals surface area contributed by atoms with E-state index in [1.54, 1.807) is 13.2 Å². The summed E-state index contributed by atoms with van der Waals surface area (Å²) in [5.74, 6) is 0.993. The molecule has 0 saturated carbocycles. The van der Waals surface area contributed by atoms with Crippen LogP contribution < -0.4 is 15.8 Å². The van der Waals surface area contributed by atoms with E-state index in [1.165, 1.54) is 0 Å². The van der Waals surface area contributed by atoms with Crippen LogP contribution in [0.2, 0.25) is 5.02 Å². The number of ether oxygens (including phenoxy) is 2. The van der Waals surface area contributed by atoms with Crippen LogP contribution in [0.3, 0.4) is 0 Å². The van der Waals surface area contributed by atoms with E-state index in [0.717, 1.165) is 17.7 Å². The lowest BCUT2D eigenvalue weighted by Crippen LogP contribution is -2.27. The second kappa shape index (κ2) is 9.91. The fourth-order valence-electron chi connectivity index (χ4n) is 2.27. The molecular weight excluding hydrogens is 338 g/mol. The molecule has 0 aliphatic rings. The van der Waals surface area contributed by atoms with Crippen LogP contribution in [0.5, 0.6) is 5.75 Å². The van der Waals surface area contributed by atoms with E-state index < -0.39 is 0 Å². The topological polar surface area (TPSA) is 68.9 Å². The van der Waals surface area contributed by atoms with E-state index in [2.05, 4.69) is 10.3 Å². The number of rotatable bonds is 8. The van der Waals surface area contributed by atoms with Crippen molar-refractivity contribution in [3.05, 3.63) is 59.1 Å². The second-order valence-corrected chi connectivity index (χ2v) is 5.93. The highest BCUT2D eigenvalue weighted by Crippen LogP contribution is 2.24. The van der Waals surface area contributed by atoms with Gasteiger partial charge in [0, 0.05) is 18.4 Å². The number of halogens is 1. The third kappa shape index (κ3) is 5.96. The minimum atomic E-state index is -0.102. The van der Waals surface area contributed by atoms with Gasteiger partial charge in [0.2, 0.25) is 0 Å². The van der Waals surface area contributed by atoms with E-state index >= 15 is 0 Å². The molecule has 2 rings (SSSR count). The van der Waals surface area contributed by atoms with Gasteiger partial charge in [0.15, 0.2) is 5.96 Å². The molecule has 2 aromatic carbocycles. The number of guanidine groups is 1. The van der Waals surface area contributed by atoms with Crippen molar-refractivity contribution < 1.29 is 9.47 Å². The standard InChI is InChI=1S/C19H24ClN3O2/c1-3-15(25-18-11-7-5-9-16(18)20)12-22-19(21)23-17-10-6-4-8-14(17)13-24-2/h4-11,15H,3,12-13H2,1-2H3,(H3,21,22,23). The molecule has 0 radical (unpaired) electrons. The van der Waals surface area contributed by atoms with Gasteiger partial charge in [-0.05, 0) is 24.6 Å². The van der Waals surface area contributed by atoms with Gasteiger partial charge in [-0.15, -0.1) is 0 Å². The second-order valence-electron chi connectivity index (χ2n) is 5.52. The first-order valence-electron chi connectivity index (χ1n) is 8.19. The predicted octanol–water partition coefficient (Wildman–Crippen LogP) is 4.07. The molecule has 0 heterocycles. The molecule has 1 atom stereocenters. The number of anilines is 1. The molecule has 0 bridgehead atoms. The van der Waals surface area contributed by atoms with Crippen LogP contribution in [0.25, 0.3) is 0 Å². The van der Waals surface area contributed by atoms with Crippen molar-refractivity contribution in [2.45, 2.75) is 26.1 Å². The number of para-hydroxylation sites is 2. The molecule has 6 heteroatoms. The molecule has 0 fully saturated rings. The van der Waals surface area contributed by atoms with E-state index in [1.807, 2.05) is 49.4 Å². The lowest BCUT2D eigenvalue weighted by molar-refractivity contribution is 0.185. The van der Waals surface area contributed by atoms with Crippen molar-refractivity contribution in [1.82, 2.24) is 0 Å². The number of hydrogen-bond donors (Lipinski definition) is 2. The fourth-order valence-corrected chi connectivity index (χ4v) is 2.45. The molecule has 0 aliphatic heterocycles. The van der Waals surface area contributed by atoms with Crippen molar-refractivity contribution in [3.63, 3.8) is 0 Å². The maximum atomic E-state index is 6.13. The summed E-state index contributed by atoms with van der Waals surface area (Å²) in [6, 6.07) is 15.2. The number of nitrogens with one attached hydrogen (secondary N) is 1. The van der Waals surface area contributed by atoms with E-state index in [9.17, 15) is 0 Å². The number of methoxy groups -OCH3 is 1. The first-order chi connectivity index (χ1) is 12.1. The van der Waals surface area contributed by atoms with E-state index in [-0.39, 0.29) is 6.10 Å². The van der Waals surface area contributed by atoms with Gasteiger partial charge in [-0.3, -0.25) is 0 Å². The molecule has 3 N–H and O–H groups in total. The molecule has 0 aromatic heterocycles. The summed E-state index contributed by atoms with van der Waals surface area (Å²) in [6.07, 6.45) is 0.692. The van der Waals surface area contributed by atoms with Gasteiger partial charge >= 0.3 is 0 Å². The Hall–Kier alpha value is -2.24. The Labute approximate surface area is 153 Å². The van der Waals surface area contributed by atoms with Gasteiger partial charge in [0.1, 0.15) is 11.9 Å². The average Bonchev–Trinajstić information content (AvgIpc) is 2.62. The third-order valence-corrected chi connectivity index (χ3v) is 3.94. The Bertz CT molecular complexity index is 707. The maximum Gasteiger partial charge on any atom is 0.193 e. The van der Waals surface area contributed by atoms with Gasteiger partial charge in [-0.25, -0.2) is 4.99 Å². The molecular formula is C19H24ClN3O2. The molecule has 0 aliphatic carbocycles. The monoisotopic (exact) mass is 361 g/mol. The van der Waals surface area contributed by atoms with Crippen molar-refractivity contribution in [2.75, 3.05) is 19.0 Å². The first-order valence-corrected chi connectivity index (χ1v) is 8.56. The molecule has 0 amide bonds. The fraction of sp³-hybridized carbons (Fsp3) is 0.316. The Morgan fingerprint density at radius 2 is 1.92 bits per heavy atom. The summed E-state index contributed by atoms with van der Waals surface area (Å²) >= 11 is 6.13. The van der Waals surface area contributed by atoms with Crippen LogP contribution in [0, 0.1) is 0 Å². The highest BCUT2D eigenvalue weighted by Gasteiger charge is 2.10. The molecule has 0 spiro atoms. The summed E-state index contributed by atoms with van der Waals surface area (Å²) in [5, 5.41) is 3.70. The van der Waals surface area contributed by atoms with Gasteiger partial charge < -0.3 is 20.5 Å². The molecule has 134 valence electrons. The molecule has 2 aromatic rings. The first kappa shape index (κ1) is 19.1. The smallest absolute Gasteiger partial charge is 0.193 e. The van der Waals surface area contributed by atoms with Crippen LogP contribution in [0.4, 0.5) is 5.69 Å². The molecule has 1 unspecified atom stereocenters. The van der Waals surface area contributed by atoms with Crippen LogP contribution in [-0.2, 0) is 11.3 Å². The Balaban J connectivity index is 1.98. The van der Waals surface area contributed by atoms with Gasteiger partial charge in [0.05, 0.1) is 18.2 Å². The minimum absolute atomic E-state index is 0.102. The van der Waals surface area contributed by atoms with Crippen LogP contribution >= 0.6 is 11.6 Å². The highest BCUT2D eigenvalue weighted by atomic mass is 35.5. The lowest BCUT2D eigenvalue weighted by Gasteiger charge is -2.17. The normalized spacial score (nSPS) is 12.7. The molecule has 0 saturated heterocycles. The quantitative estimate of drug-likeness (QED) is 0.549. The van der Waals surface area contributed by atoms with E-state index in [4.69, 9.17) is 26.8 Å². The van der Waals surface area contributed by atoms with Gasteiger partial charge in [0.25, 0.3) is 0 Å². The number of nitrogens with two attached hydrogens (primary N) is 1. The zero-order valence-corrected chi connectivity index (χ0v) is 15.3. The number of hydrogen-bond acceptors (Lipinski definition) is 3. The van der Waals surface area contributed by atoms with Gasteiger partial charge in [-0.1, -0.05) is 48.9 Å². The van der Waals surface area contributed by atoms with Crippen molar-refractivity contribution in [3.8, 4) is 5.75 Å². The Kier molecular flexibility index (Phi) is 7.57. The zero-order chi connectivity index (χ0) is 18.1. The zero-order valence-electron chi connectivity index (χ0n) is 14.5. The van der Waals surface area contributed by atoms with Crippen molar-refractivity contribution >= 4 is 23.2 Å².